The SMILES string of the molecule is COc1ccc(OC)c([C@@H]2CCCN2C(=O)COC(=O)c2ccc[nH]2)c1. The van der Waals surface area contributed by atoms with Gasteiger partial charge in [0.05, 0.1) is 20.3 Å². The van der Waals surface area contributed by atoms with Gasteiger partial charge in [0, 0.05) is 18.3 Å². The van der Waals surface area contributed by atoms with Gasteiger partial charge in [-0.3, -0.25) is 4.79 Å². The Kier molecular flexibility index (Phi) is 5.46. The molecule has 1 atom stereocenters. The second-order valence-corrected chi connectivity index (χ2v) is 6.01. The molecule has 26 heavy (non-hydrogen) atoms. The van der Waals surface area contributed by atoms with Crippen LogP contribution in [0.1, 0.15) is 34.9 Å². The van der Waals surface area contributed by atoms with E-state index >= 15 is 0 Å². The van der Waals surface area contributed by atoms with Crippen molar-refractivity contribution >= 4 is 11.9 Å². The average Bonchev–Trinajstić information content (AvgIpc) is 3.37. The van der Waals surface area contributed by atoms with Gasteiger partial charge < -0.3 is 24.1 Å². The molecule has 0 radical (unpaired) electrons. The van der Waals surface area contributed by atoms with Gasteiger partial charge in [0.1, 0.15) is 17.2 Å². The van der Waals surface area contributed by atoms with Gasteiger partial charge in [0.2, 0.25) is 0 Å². The van der Waals surface area contributed by atoms with Crippen LogP contribution in [-0.2, 0) is 9.53 Å². The molecule has 138 valence electrons. The third-order valence-corrected chi connectivity index (χ3v) is 4.51. The zero-order chi connectivity index (χ0) is 18.5. The molecule has 2 heterocycles. The fraction of sp³-hybridized carbons (Fsp3) is 0.368. The third kappa shape index (κ3) is 3.66. The van der Waals surface area contributed by atoms with Crippen molar-refractivity contribution in [3.05, 3.63) is 47.8 Å². The summed E-state index contributed by atoms with van der Waals surface area (Å²) >= 11 is 0. The number of esters is 1. The second-order valence-electron chi connectivity index (χ2n) is 6.01. The Morgan fingerprint density at radius 3 is 2.77 bits per heavy atom. The van der Waals surface area contributed by atoms with E-state index in [0.717, 1.165) is 18.4 Å². The van der Waals surface area contributed by atoms with E-state index in [1.54, 1.807) is 37.4 Å². The predicted molar refractivity (Wildman–Crippen MR) is 94.3 cm³/mol. The van der Waals surface area contributed by atoms with E-state index in [0.29, 0.717) is 23.7 Å². The molecule has 1 aromatic heterocycles. The first-order chi connectivity index (χ1) is 12.6. The molecule has 1 N–H and O–H groups in total. The van der Waals surface area contributed by atoms with Crippen molar-refractivity contribution in [2.75, 3.05) is 27.4 Å². The number of hydrogen-bond donors (Lipinski definition) is 1. The minimum absolute atomic E-state index is 0.128. The zero-order valence-electron chi connectivity index (χ0n) is 14.9. The summed E-state index contributed by atoms with van der Waals surface area (Å²) in [5, 5.41) is 0. The van der Waals surface area contributed by atoms with E-state index in [2.05, 4.69) is 4.98 Å². The van der Waals surface area contributed by atoms with Crippen LogP contribution in [0.25, 0.3) is 0 Å². The van der Waals surface area contributed by atoms with Gasteiger partial charge in [0.15, 0.2) is 6.61 Å². The number of aromatic nitrogens is 1. The lowest BCUT2D eigenvalue weighted by atomic mass is 10.0. The highest BCUT2D eigenvalue weighted by Crippen LogP contribution is 2.38. The lowest BCUT2D eigenvalue weighted by molar-refractivity contribution is -0.135. The smallest absolute Gasteiger partial charge is 0.355 e. The molecule has 1 saturated heterocycles. The standard InChI is InChI=1S/C19H22N2O5/c1-24-13-7-8-17(25-2)14(11-13)16-6-4-10-21(16)18(22)12-26-19(23)15-5-3-9-20-15/h3,5,7-9,11,16,20H,4,6,10,12H2,1-2H3/t16-/m0/s1. The molecule has 1 aliphatic rings. The Morgan fingerprint density at radius 2 is 2.08 bits per heavy atom. The first kappa shape index (κ1) is 17.8. The number of hydrogen-bond acceptors (Lipinski definition) is 5. The molecule has 2 aromatic rings. The van der Waals surface area contributed by atoms with Crippen molar-refractivity contribution in [2.45, 2.75) is 18.9 Å². The number of methoxy groups -OCH3 is 2. The minimum atomic E-state index is -0.543. The van der Waals surface area contributed by atoms with Crippen LogP contribution in [0.15, 0.2) is 36.5 Å². The first-order valence-electron chi connectivity index (χ1n) is 8.46. The summed E-state index contributed by atoms with van der Waals surface area (Å²) in [7, 11) is 3.20. The Bertz CT molecular complexity index is 772. The normalized spacial score (nSPS) is 16.4. The maximum Gasteiger partial charge on any atom is 0.355 e. The molecule has 0 unspecified atom stereocenters. The summed E-state index contributed by atoms with van der Waals surface area (Å²) in [6.45, 7) is 0.324. The van der Waals surface area contributed by atoms with Crippen LogP contribution >= 0.6 is 0 Å². The molecule has 7 nitrogen and oxygen atoms in total. The molecule has 0 saturated carbocycles. The number of rotatable bonds is 6. The third-order valence-electron chi connectivity index (χ3n) is 4.51. The van der Waals surface area contributed by atoms with Crippen LogP contribution in [0.4, 0.5) is 0 Å². The van der Waals surface area contributed by atoms with E-state index in [9.17, 15) is 9.59 Å². The van der Waals surface area contributed by atoms with E-state index in [-0.39, 0.29) is 18.6 Å². The van der Waals surface area contributed by atoms with Crippen LogP contribution in [-0.4, -0.2) is 49.1 Å². The highest BCUT2D eigenvalue weighted by atomic mass is 16.5. The number of nitrogens with one attached hydrogen (secondary N) is 1. The largest absolute Gasteiger partial charge is 0.497 e. The van der Waals surface area contributed by atoms with Crippen LogP contribution in [0.3, 0.4) is 0 Å². The number of carbonyl (C=O) groups excluding carboxylic acids is 2. The number of carbonyl (C=O) groups is 2. The molecular weight excluding hydrogens is 336 g/mol. The van der Waals surface area contributed by atoms with E-state index < -0.39 is 5.97 Å². The minimum Gasteiger partial charge on any atom is -0.497 e. The van der Waals surface area contributed by atoms with Crippen molar-refractivity contribution in [1.29, 1.82) is 0 Å². The molecular formula is C19H22N2O5. The van der Waals surface area contributed by atoms with Crippen molar-refractivity contribution in [1.82, 2.24) is 9.88 Å². The first-order valence-corrected chi connectivity index (χ1v) is 8.46. The molecule has 3 rings (SSSR count). The van der Waals surface area contributed by atoms with Crippen molar-refractivity contribution < 1.29 is 23.8 Å². The van der Waals surface area contributed by atoms with Crippen LogP contribution < -0.4 is 9.47 Å². The van der Waals surface area contributed by atoms with Crippen molar-refractivity contribution in [3.8, 4) is 11.5 Å². The van der Waals surface area contributed by atoms with Gasteiger partial charge in [-0.15, -0.1) is 0 Å². The van der Waals surface area contributed by atoms with Gasteiger partial charge in [-0.1, -0.05) is 0 Å². The van der Waals surface area contributed by atoms with Gasteiger partial charge in [-0.05, 0) is 43.2 Å². The van der Waals surface area contributed by atoms with Gasteiger partial charge in [-0.2, -0.15) is 0 Å². The van der Waals surface area contributed by atoms with Crippen LogP contribution in [0, 0.1) is 0 Å². The Balaban J connectivity index is 1.71. The fourth-order valence-electron chi connectivity index (χ4n) is 3.23. The van der Waals surface area contributed by atoms with Gasteiger partial charge in [-0.25, -0.2) is 4.79 Å². The monoisotopic (exact) mass is 358 g/mol. The summed E-state index contributed by atoms with van der Waals surface area (Å²) < 4.78 is 15.9. The highest BCUT2D eigenvalue weighted by molar-refractivity contribution is 5.89. The molecule has 1 amide bonds. The van der Waals surface area contributed by atoms with E-state index in [4.69, 9.17) is 14.2 Å². The fourth-order valence-corrected chi connectivity index (χ4v) is 3.23. The lowest BCUT2D eigenvalue weighted by Crippen LogP contribution is -2.34. The van der Waals surface area contributed by atoms with Crippen LogP contribution in [0.5, 0.6) is 11.5 Å². The number of amides is 1. The van der Waals surface area contributed by atoms with Gasteiger partial charge >= 0.3 is 5.97 Å². The van der Waals surface area contributed by atoms with Crippen LogP contribution in [0.2, 0.25) is 0 Å². The summed E-state index contributed by atoms with van der Waals surface area (Å²) in [5.74, 6) is 0.646. The average molecular weight is 358 g/mol. The second kappa shape index (κ2) is 7.95. The van der Waals surface area contributed by atoms with Crippen molar-refractivity contribution in [2.24, 2.45) is 0 Å². The summed E-state index contributed by atoms with van der Waals surface area (Å²) in [4.78, 5) is 29.0. The summed E-state index contributed by atoms with van der Waals surface area (Å²) in [6.07, 6.45) is 3.32. The quantitative estimate of drug-likeness (QED) is 0.803. The molecule has 1 aromatic carbocycles. The molecule has 1 fully saturated rings. The Hall–Kier alpha value is -2.96. The number of likely N-dealkylation sites (tertiary alicyclic amines) is 1. The summed E-state index contributed by atoms with van der Waals surface area (Å²) in [6, 6.07) is 8.72. The number of aromatic amines is 1. The molecule has 0 bridgehead atoms. The molecule has 7 heteroatoms. The molecule has 0 spiro atoms. The lowest BCUT2D eigenvalue weighted by Gasteiger charge is -2.26. The highest BCUT2D eigenvalue weighted by Gasteiger charge is 2.32. The van der Waals surface area contributed by atoms with E-state index in [1.807, 2.05) is 18.2 Å². The Labute approximate surface area is 151 Å². The number of ether oxygens (including phenoxy) is 3. The van der Waals surface area contributed by atoms with E-state index in [1.165, 1.54) is 0 Å². The number of benzene rings is 1. The topological polar surface area (TPSA) is 80.9 Å². The predicted octanol–water partition coefficient (Wildman–Crippen LogP) is 2.55. The Morgan fingerprint density at radius 1 is 1.23 bits per heavy atom. The van der Waals surface area contributed by atoms with Crippen molar-refractivity contribution in [3.63, 3.8) is 0 Å². The zero-order valence-corrected chi connectivity index (χ0v) is 14.9. The van der Waals surface area contributed by atoms with Gasteiger partial charge in [0.25, 0.3) is 5.91 Å². The summed E-state index contributed by atoms with van der Waals surface area (Å²) in [5.41, 5.74) is 1.22. The number of H-pyrrole nitrogens is 1. The molecule has 1 aliphatic heterocycles. The maximum absolute atomic E-state index is 12.6. The molecule has 0 aliphatic carbocycles. The maximum atomic E-state index is 12.6. The number of nitrogens with zero attached hydrogens (tertiary/aromatic N) is 1.